The summed E-state index contributed by atoms with van der Waals surface area (Å²) in [6.07, 6.45) is 0. The number of nitrogen functional groups attached to an aromatic ring is 1. The van der Waals surface area contributed by atoms with Crippen molar-refractivity contribution in [1.29, 1.82) is 0 Å². The molecule has 9 heteroatoms. The van der Waals surface area contributed by atoms with Gasteiger partial charge in [0.1, 0.15) is 27.8 Å². The fourth-order valence-electron chi connectivity index (χ4n) is 1.96. The molecule has 0 amide bonds. The van der Waals surface area contributed by atoms with Crippen LogP contribution in [-0.4, -0.2) is 32.1 Å². The topological polar surface area (TPSA) is 118 Å². The molecule has 0 unspecified atom stereocenters. The van der Waals surface area contributed by atoms with Crippen molar-refractivity contribution in [2.24, 2.45) is 0 Å². The third-order valence-electron chi connectivity index (χ3n) is 3.08. The second kappa shape index (κ2) is 7.18. The molecule has 0 fully saturated rings. The van der Waals surface area contributed by atoms with Gasteiger partial charge in [-0.3, -0.25) is 0 Å². The smallest absolute Gasteiger partial charge is 0.374 e. The molecular formula is C15H15NO7S. The predicted molar refractivity (Wildman–Crippen MR) is 84.0 cm³/mol. The maximum absolute atomic E-state index is 12.0. The minimum absolute atomic E-state index is 0.00920. The molecule has 0 bridgehead atoms. The average Bonchev–Trinajstić information content (AvgIpc) is 3.14. The van der Waals surface area contributed by atoms with Crippen LogP contribution in [0.25, 0.3) is 0 Å². The van der Waals surface area contributed by atoms with Crippen molar-refractivity contribution >= 4 is 34.2 Å². The summed E-state index contributed by atoms with van der Waals surface area (Å²) in [5.41, 5.74) is 5.89. The lowest BCUT2D eigenvalue weighted by molar-refractivity contribution is 0.0419. The van der Waals surface area contributed by atoms with Crippen LogP contribution in [-0.2, 0) is 20.8 Å². The first-order chi connectivity index (χ1) is 11.4. The lowest BCUT2D eigenvalue weighted by Crippen LogP contribution is -2.12. The average molecular weight is 353 g/mol. The zero-order chi connectivity index (χ0) is 17.9. The molecule has 24 heavy (non-hydrogen) atoms. The van der Waals surface area contributed by atoms with Crippen molar-refractivity contribution in [1.82, 2.24) is 0 Å². The van der Waals surface area contributed by atoms with E-state index in [1.54, 1.807) is 13.0 Å². The minimum atomic E-state index is -0.737. The van der Waals surface area contributed by atoms with Crippen LogP contribution in [0.3, 0.4) is 0 Å². The van der Waals surface area contributed by atoms with Crippen LogP contribution in [0.15, 0.2) is 16.5 Å². The van der Waals surface area contributed by atoms with Crippen LogP contribution in [0.5, 0.6) is 0 Å². The first kappa shape index (κ1) is 17.5. The molecule has 0 aliphatic rings. The maximum atomic E-state index is 12.0. The largest absolute Gasteiger partial charge is 0.465 e. The molecule has 0 spiro atoms. The van der Waals surface area contributed by atoms with Crippen molar-refractivity contribution in [2.45, 2.75) is 13.5 Å². The molecule has 2 aromatic rings. The van der Waals surface area contributed by atoms with Crippen LogP contribution < -0.4 is 5.73 Å². The molecule has 128 valence electrons. The fraction of sp³-hybridized carbons (Fsp3) is 0.267. The van der Waals surface area contributed by atoms with Crippen LogP contribution in [0.1, 0.15) is 41.9 Å². The van der Waals surface area contributed by atoms with Crippen molar-refractivity contribution in [3.05, 3.63) is 39.7 Å². The monoisotopic (exact) mass is 353 g/mol. The van der Waals surface area contributed by atoms with E-state index in [0.29, 0.717) is 5.76 Å². The molecule has 2 N–H and O–H groups in total. The van der Waals surface area contributed by atoms with E-state index in [1.165, 1.54) is 20.3 Å². The van der Waals surface area contributed by atoms with E-state index in [2.05, 4.69) is 9.47 Å². The third-order valence-corrected chi connectivity index (χ3v) is 4.12. The second-order valence-electron chi connectivity index (χ2n) is 4.62. The molecule has 2 aromatic heterocycles. The minimum Gasteiger partial charge on any atom is -0.465 e. The Morgan fingerprint density at radius 3 is 2.33 bits per heavy atom. The van der Waals surface area contributed by atoms with E-state index in [-0.39, 0.29) is 33.4 Å². The van der Waals surface area contributed by atoms with Gasteiger partial charge in [-0.05, 0) is 19.1 Å². The number of furan rings is 1. The van der Waals surface area contributed by atoms with Gasteiger partial charge in [-0.1, -0.05) is 0 Å². The van der Waals surface area contributed by atoms with Crippen molar-refractivity contribution in [3.8, 4) is 0 Å². The number of esters is 3. The van der Waals surface area contributed by atoms with Gasteiger partial charge in [0, 0.05) is 5.56 Å². The number of rotatable bonds is 5. The number of hydrogen-bond acceptors (Lipinski definition) is 9. The number of ether oxygens (including phenoxy) is 3. The van der Waals surface area contributed by atoms with Gasteiger partial charge in [0.05, 0.1) is 14.2 Å². The van der Waals surface area contributed by atoms with E-state index >= 15 is 0 Å². The number of methoxy groups -OCH3 is 2. The standard InChI is InChI=1S/C15H15NO7S/c1-7-4-5-9(23-7)13(17)22-6-8-10(14(18)20-2)12(16)24-11(8)15(19)21-3/h4-5H,6,16H2,1-3H3. The molecule has 0 saturated heterocycles. The molecule has 0 aliphatic carbocycles. The van der Waals surface area contributed by atoms with E-state index in [9.17, 15) is 14.4 Å². The number of hydrogen-bond donors (Lipinski definition) is 1. The molecule has 0 aliphatic heterocycles. The van der Waals surface area contributed by atoms with Crippen molar-refractivity contribution in [2.75, 3.05) is 20.0 Å². The Bertz CT molecular complexity index is 790. The molecule has 2 rings (SSSR count). The Kier molecular flexibility index (Phi) is 5.24. The Morgan fingerprint density at radius 2 is 1.79 bits per heavy atom. The van der Waals surface area contributed by atoms with Gasteiger partial charge in [-0.25, -0.2) is 14.4 Å². The van der Waals surface area contributed by atoms with E-state index in [0.717, 1.165) is 11.3 Å². The zero-order valence-corrected chi connectivity index (χ0v) is 14.0. The summed E-state index contributed by atoms with van der Waals surface area (Å²) in [6, 6.07) is 3.07. The van der Waals surface area contributed by atoms with Crippen LogP contribution in [0.2, 0.25) is 0 Å². The van der Waals surface area contributed by atoms with Gasteiger partial charge in [0.15, 0.2) is 0 Å². The Balaban J connectivity index is 2.31. The highest BCUT2D eigenvalue weighted by molar-refractivity contribution is 7.18. The SMILES string of the molecule is COC(=O)c1sc(N)c(C(=O)OC)c1COC(=O)c1ccc(C)o1. The molecule has 2 heterocycles. The van der Waals surface area contributed by atoms with Crippen LogP contribution >= 0.6 is 11.3 Å². The van der Waals surface area contributed by atoms with Crippen molar-refractivity contribution in [3.63, 3.8) is 0 Å². The van der Waals surface area contributed by atoms with Gasteiger partial charge >= 0.3 is 17.9 Å². The summed E-state index contributed by atoms with van der Waals surface area (Å²) in [4.78, 5) is 35.8. The molecule has 8 nitrogen and oxygen atoms in total. The molecule has 0 aromatic carbocycles. The fourth-order valence-corrected chi connectivity index (χ4v) is 2.94. The number of carbonyl (C=O) groups excluding carboxylic acids is 3. The molecule has 0 saturated carbocycles. The number of anilines is 1. The highest BCUT2D eigenvalue weighted by Crippen LogP contribution is 2.33. The summed E-state index contributed by atoms with van der Waals surface area (Å²) in [5, 5.41) is 0.0714. The summed E-state index contributed by atoms with van der Waals surface area (Å²) < 4.78 is 19.6. The first-order valence-electron chi connectivity index (χ1n) is 6.70. The van der Waals surface area contributed by atoms with Gasteiger partial charge in [0.25, 0.3) is 0 Å². The lowest BCUT2D eigenvalue weighted by Gasteiger charge is -2.07. The van der Waals surface area contributed by atoms with Gasteiger partial charge in [0.2, 0.25) is 5.76 Å². The maximum Gasteiger partial charge on any atom is 0.374 e. The predicted octanol–water partition coefficient (Wildman–Crippen LogP) is 2.16. The quantitative estimate of drug-likeness (QED) is 0.642. The van der Waals surface area contributed by atoms with Gasteiger partial charge in [-0.2, -0.15) is 0 Å². The highest BCUT2D eigenvalue weighted by Gasteiger charge is 2.28. The summed E-state index contributed by atoms with van der Waals surface area (Å²) in [6.45, 7) is 1.32. The normalized spacial score (nSPS) is 10.3. The first-order valence-corrected chi connectivity index (χ1v) is 7.52. The summed E-state index contributed by atoms with van der Waals surface area (Å²) >= 11 is 0.857. The summed E-state index contributed by atoms with van der Waals surface area (Å²) in [7, 11) is 2.37. The Morgan fingerprint density at radius 1 is 1.12 bits per heavy atom. The number of aryl methyl sites for hydroxylation is 1. The van der Waals surface area contributed by atoms with E-state index in [4.69, 9.17) is 14.9 Å². The van der Waals surface area contributed by atoms with Crippen molar-refractivity contribution < 1.29 is 33.0 Å². The third kappa shape index (κ3) is 3.40. The van der Waals surface area contributed by atoms with E-state index in [1.807, 2.05) is 0 Å². The molecular weight excluding hydrogens is 338 g/mol. The van der Waals surface area contributed by atoms with Crippen LogP contribution in [0.4, 0.5) is 5.00 Å². The number of thiophene rings is 1. The van der Waals surface area contributed by atoms with E-state index < -0.39 is 17.9 Å². The molecule has 0 radical (unpaired) electrons. The second-order valence-corrected chi connectivity index (χ2v) is 5.67. The van der Waals surface area contributed by atoms with Gasteiger partial charge < -0.3 is 24.4 Å². The highest BCUT2D eigenvalue weighted by atomic mass is 32.1. The zero-order valence-electron chi connectivity index (χ0n) is 13.2. The van der Waals surface area contributed by atoms with Gasteiger partial charge in [-0.15, -0.1) is 11.3 Å². The Hall–Kier alpha value is -2.81. The number of nitrogens with two attached hydrogens (primary N) is 1. The number of carbonyl (C=O) groups is 3. The Labute approximate surface area is 141 Å². The summed E-state index contributed by atoms with van der Waals surface area (Å²) in [5.74, 6) is -1.61. The van der Waals surface area contributed by atoms with Crippen LogP contribution in [0, 0.1) is 6.92 Å². The molecule has 0 atom stereocenters. The lowest BCUT2D eigenvalue weighted by atomic mass is 10.1.